The van der Waals surface area contributed by atoms with Crippen LogP contribution < -0.4 is 15.4 Å². The maximum atomic E-state index is 12.9. The van der Waals surface area contributed by atoms with Crippen molar-refractivity contribution >= 4 is 67.2 Å². The Morgan fingerprint density at radius 2 is 1.79 bits per heavy atom. The standard InChI is InChI=1S/C26H27ClIN5O4S/c1-14(2)36-23-12-19(28)17(22-10-16(5)33-37-22)11-21(23)31-26-29-13-18(27)25(32-26)30-20-8-6-7-9-24(20)38(34,35)15(3)4/h6-15H,1-5H3,(H2,29,30,31,32). The van der Waals surface area contributed by atoms with Crippen LogP contribution in [0.25, 0.3) is 11.3 Å². The lowest BCUT2D eigenvalue weighted by atomic mass is 10.1. The van der Waals surface area contributed by atoms with Crippen LogP contribution in [0.3, 0.4) is 0 Å². The van der Waals surface area contributed by atoms with E-state index in [1.165, 1.54) is 6.20 Å². The third-order valence-corrected chi connectivity index (χ3v) is 8.76. The number of sulfone groups is 1. The highest BCUT2D eigenvalue weighted by atomic mass is 127. The third-order valence-electron chi connectivity index (χ3n) is 5.38. The zero-order chi connectivity index (χ0) is 27.6. The quantitative estimate of drug-likeness (QED) is 0.179. The van der Waals surface area contributed by atoms with Gasteiger partial charge in [0.25, 0.3) is 0 Å². The Morgan fingerprint density at radius 3 is 2.45 bits per heavy atom. The number of aromatic nitrogens is 3. The maximum Gasteiger partial charge on any atom is 0.229 e. The van der Waals surface area contributed by atoms with Gasteiger partial charge in [0.1, 0.15) is 10.8 Å². The van der Waals surface area contributed by atoms with Gasteiger partial charge < -0.3 is 19.9 Å². The largest absolute Gasteiger partial charge is 0.489 e. The van der Waals surface area contributed by atoms with Crippen molar-refractivity contribution in [2.75, 3.05) is 10.6 Å². The molecule has 0 amide bonds. The molecule has 2 aromatic carbocycles. The summed E-state index contributed by atoms with van der Waals surface area (Å²) in [4.78, 5) is 9.01. The Bertz CT molecular complexity index is 1570. The van der Waals surface area contributed by atoms with Crippen LogP contribution in [0, 0.1) is 10.5 Å². The Hall–Kier alpha value is -2.90. The first-order chi connectivity index (χ1) is 18.0. The first-order valence-corrected chi connectivity index (χ1v) is 14.8. The summed E-state index contributed by atoms with van der Waals surface area (Å²) in [7, 11) is -3.55. The van der Waals surface area contributed by atoms with Gasteiger partial charge in [-0.2, -0.15) is 4.98 Å². The summed E-state index contributed by atoms with van der Waals surface area (Å²) in [6.45, 7) is 9.01. The van der Waals surface area contributed by atoms with Crippen LogP contribution in [-0.2, 0) is 9.84 Å². The second-order valence-electron chi connectivity index (χ2n) is 9.06. The van der Waals surface area contributed by atoms with Gasteiger partial charge >= 0.3 is 0 Å². The fourth-order valence-corrected chi connectivity index (χ4v) is 5.56. The first kappa shape index (κ1) is 28.1. The SMILES string of the molecule is Cc1cc(-c2cc(Nc3ncc(Cl)c(Nc4ccccc4S(=O)(=O)C(C)C)n3)c(OC(C)C)cc2I)on1. The summed E-state index contributed by atoms with van der Waals surface area (Å²) in [5.74, 6) is 1.70. The van der Waals surface area contributed by atoms with Crippen LogP contribution >= 0.6 is 34.2 Å². The maximum absolute atomic E-state index is 12.9. The van der Waals surface area contributed by atoms with Gasteiger partial charge in [-0.15, -0.1) is 0 Å². The lowest BCUT2D eigenvalue weighted by Gasteiger charge is -2.18. The van der Waals surface area contributed by atoms with Crippen molar-refractivity contribution in [3.05, 3.63) is 62.9 Å². The molecule has 38 heavy (non-hydrogen) atoms. The third kappa shape index (κ3) is 6.21. The van der Waals surface area contributed by atoms with Crippen LogP contribution in [0.2, 0.25) is 5.02 Å². The average Bonchev–Trinajstić information content (AvgIpc) is 3.28. The molecule has 12 heteroatoms. The predicted molar refractivity (Wildman–Crippen MR) is 158 cm³/mol. The van der Waals surface area contributed by atoms with Gasteiger partial charge in [0.2, 0.25) is 5.95 Å². The van der Waals surface area contributed by atoms with E-state index in [4.69, 9.17) is 20.9 Å². The number of para-hydroxylation sites is 1. The average molecular weight is 668 g/mol. The number of benzene rings is 2. The minimum atomic E-state index is -3.55. The molecule has 2 heterocycles. The van der Waals surface area contributed by atoms with Crippen molar-refractivity contribution in [1.82, 2.24) is 15.1 Å². The molecule has 4 rings (SSSR count). The van der Waals surface area contributed by atoms with Crippen LogP contribution in [0.1, 0.15) is 33.4 Å². The number of hydrogen-bond donors (Lipinski definition) is 2. The Kier molecular flexibility index (Phi) is 8.48. The molecular formula is C26H27ClIN5O4S. The van der Waals surface area contributed by atoms with E-state index in [9.17, 15) is 8.42 Å². The number of nitrogens with one attached hydrogen (secondary N) is 2. The van der Waals surface area contributed by atoms with Crippen molar-refractivity contribution in [2.24, 2.45) is 0 Å². The van der Waals surface area contributed by atoms with E-state index in [0.717, 1.165) is 14.8 Å². The lowest BCUT2D eigenvalue weighted by Crippen LogP contribution is -2.15. The molecule has 2 aromatic heterocycles. The van der Waals surface area contributed by atoms with E-state index in [1.807, 2.05) is 39.0 Å². The second-order valence-corrected chi connectivity index (χ2v) is 13.1. The van der Waals surface area contributed by atoms with Crippen molar-refractivity contribution < 1.29 is 17.7 Å². The number of ether oxygens (including phenoxy) is 1. The molecule has 9 nitrogen and oxygen atoms in total. The minimum absolute atomic E-state index is 0.0764. The van der Waals surface area contributed by atoms with Gasteiger partial charge in [-0.25, -0.2) is 13.4 Å². The molecule has 0 saturated heterocycles. The van der Waals surface area contributed by atoms with Gasteiger partial charge in [0.05, 0.1) is 39.5 Å². The molecule has 0 unspecified atom stereocenters. The van der Waals surface area contributed by atoms with Crippen molar-refractivity contribution in [3.63, 3.8) is 0 Å². The monoisotopic (exact) mass is 667 g/mol. The fraction of sp³-hybridized carbons (Fsp3) is 0.269. The molecule has 0 radical (unpaired) electrons. The number of nitrogens with zero attached hydrogens (tertiary/aromatic N) is 3. The Labute approximate surface area is 240 Å². The summed E-state index contributed by atoms with van der Waals surface area (Å²) in [6.07, 6.45) is 1.36. The first-order valence-electron chi connectivity index (χ1n) is 11.8. The molecule has 0 aliphatic heterocycles. The van der Waals surface area contributed by atoms with Gasteiger partial charge in [-0.3, -0.25) is 0 Å². The van der Waals surface area contributed by atoms with Crippen molar-refractivity contribution in [3.8, 4) is 17.1 Å². The highest BCUT2D eigenvalue weighted by molar-refractivity contribution is 14.1. The molecule has 0 spiro atoms. The molecule has 0 aliphatic rings. The lowest BCUT2D eigenvalue weighted by molar-refractivity contribution is 0.243. The van der Waals surface area contributed by atoms with Gasteiger partial charge in [-0.1, -0.05) is 28.9 Å². The van der Waals surface area contributed by atoms with Crippen molar-refractivity contribution in [2.45, 2.75) is 50.9 Å². The molecule has 4 aromatic rings. The van der Waals surface area contributed by atoms with Crippen LogP contribution in [-0.4, -0.2) is 34.9 Å². The number of halogens is 2. The Morgan fingerprint density at radius 1 is 1.05 bits per heavy atom. The van der Waals surface area contributed by atoms with Gasteiger partial charge in [0, 0.05) is 15.2 Å². The highest BCUT2D eigenvalue weighted by Crippen LogP contribution is 2.38. The smallest absolute Gasteiger partial charge is 0.229 e. The van der Waals surface area contributed by atoms with E-state index >= 15 is 0 Å². The molecule has 0 saturated carbocycles. The van der Waals surface area contributed by atoms with Gasteiger partial charge in [-0.05, 0) is 81.5 Å². The molecule has 200 valence electrons. The van der Waals surface area contributed by atoms with E-state index in [0.29, 0.717) is 22.9 Å². The molecule has 0 atom stereocenters. The van der Waals surface area contributed by atoms with E-state index in [-0.39, 0.29) is 27.8 Å². The summed E-state index contributed by atoms with van der Waals surface area (Å²) < 4.78 is 38.2. The van der Waals surface area contributed by atoms with Crippen LogP contribution in [0.4, 0.5) is 23.1 Å². The molecular weight excluding hydrogens is 641 g/mol. The minimum Gasteiger partial charge on any atom is -0.489 e. The zero-order valence-electron chi connectivity index (χ0n) is 21.4. The van der Waals surface area contributed by atoms with Crippen LogP contribution in [0.15, 0.2) is 58.1 Å². The predicted octanol–water partition coefficient (Wildman–Crippen LogP) is 7.15. The summed E-state index contributed by atoms with van der Waals surface area (Å²) in [6, 6.07) is 12.3. The molecule has 0 bridgehead atoms. The van der Waals surface area contributed by atoms with E-state index in [2.05, 4.69) is 48.3 Å². The van der Waals surface area contributed by atoms with Gasteiger partial charge in [0.15, 0.2) is 21.4 Å². The fourth-order valence-electron chi connectivity index (χ4n) is 3.52. The number of anilines is 4. The molecule has 0 aliphatic carbocycles. The van der Waals surface area contributed by atoms with E-state index < -0.39 is 15.1 Å². The second kappa shape index (κ2) is 11.5. The summed E-state index contributed by atoms with van der Waals surface area (Å²) in [5, 5.41) is 9.91. The number of rotatable bonds is 9. The molecule has 0 fully saturated rings. The van der Waals surface area contributed by atoms with Crippen LogP contribution in [0.5, 0.6) is 5.75 Å². The zero-order valence-corrected chi connectivity index (χ0v) is 25.1. The normalized spacial score (nSPS) is 11.7. The van der Waals surface area contributed by atoms with E-state index in [1.54, 1.807) is 38.1 Å². The number of hydrogen-bond acceptors (Lipinski definition) is 9. The number of aryl methyl sites for hydroxylation is 1. The molecule has 2 N–H and O–H groups in total. The van der Waals surface area contributed by atoms with Crippen molar-refractivity contribution in [1.29, 1.82) is 0 Å². The Balaban J connectivity index is 1.72. The summed E-state index contributed by atoms with van der Waals surface area (Å²) >= 11 is 8.62. The topological polar surface area (TPSA) is 119 Å². The highest BCUT2D eigenvalue weighted by Gasteiger charge is 2.23. The summed E-state index contributed by atoms with van der Waals surface area (Å²) in [5.41, 5.74) is 2.57.